The molecule has 4 aromatic carbocycles. The highest BCUT2D eigenvalue weighted by Crippen LogP contribution is 2.28. The van der Waals surface area contributed by atoms with Crippen LogP contribution in [0.15, 0.2) is 90.0 Å². The lowest BCUT2D eigenvalue weighted by Crippen LogP contribution is -2.39. The maximum atomic E-state index is 13.0. The molecule has 4 aromatic rings. The van der Waals surface area contributed by atoms with Crippen LogP contribution < -0.4 is 20.2 Å². The fourth-order valence-corrected chi connectivity index (χ4v) is 4.25. The predicted molar refractivity (Wildman–Crippen MR) is 155 cm³/mol. The van der Waals surface area contributed by atoms with Crippen molar-refractivity contribution in [1.29, 1.82) is 0 Å². The molecule has 0 saturated carbocycles. The number of carbonyl (C=O) groups excluding carboxylic acids is 2. The van der Waals surface area contributed by atoms with Gasteiger partial charge in [-0.3, -0.25) is 9.59 Å². The normalized spacial score (nSPS) is 11.9. The minimum Gasteiger partial charge on any atom is -0.497 e. The summed E-state index contributed by atoms with van der Waals surface area (Å²) in [5.41, 5.74) is 4.80. The lowest BCUT2D eigenvalue weighted by molar-refractivity contribution is -0.134. The van der Waals surface area contributed by atoms with Gasteiger partial charge < -0.3 is 14.8 Å². The fourth-order valence-electron chi connectivity index (χ4n) is 4.13. The first-order valence-electron chi connectivity index (χ1n) is 12.5. The first-order chi connectivity index (χ1) is 18.9. The molecular formula is C31H30ClN3O4. The van der Waals surface area contributed by atoms with Gasteiger partial charge in [-0.1, -0.05) is 67.9 Å². The largest absolute Gasteiger partial charge is 0.497 e. The van der Waals surface area contributed by atoms with Gasteiger partial charge >= 0.3 is 0 Å². The number of nitrogens with one attached hydrogen (secondary N) is 2. The zero-order chi connectivity index (χ0) is 27.8. The average molecular weight is 544 g/mol. The number of ether oxygens (including phenoxy) is 2. The topological polar surface area (TPSA) is 89.0 Å². The van der Waals surface area contributed by atoms with Crippen molar-refractivity contribution in [3.63, 3.8) is 0 Å². The van der Waals surface area contributed by atoms with Gasteiger partial charge in [0.15, 0.2) is 0 Å². The maximum absolute atomic E-state index is 13.0. The Kier molecular flexibility index (Phi) is 9.18. The molecule has 2 N–H and O–H groups in total. The van der Waals surface area contributed by atoms with E-state index in [1.807, 2.05) is 74.5 Å². The second-order valence-electron chi connectivity index (χ2n) is 9.29. The molecule has 0 spiro atoms. The van der Waals surface area contributed by atoms with E-state index in [0.29, 0.717) is 34.4 Å². The number of halogens is 1. The van der Waals surface area contributed by atoms with Crippen LogP contribution in [0, 0.1) is 11.8 Å². The number of benzene rings is 4. The van der Waals surface area contributed by atoms with Crippen LogP contribution in [0.25, 0.3) is 10.8 Å². The van der Waals surface area contributed by atoms with Crippen molar-refractivity contribution in [3.8, 4) is 11.5 Å². The Labute approximate surface area is 232 Å². The summed E-state index contributed by atoms with van der Waals surface area (Å²) >= 11 is 5.99. The highest BCUT2D eigenvalue weighted by Gasteiger charge is 2.30. The number of amides is 2. The summed E-state index contributed by atoms with van der Waals surface area (Å²) in [5, 5.41) is 9.59. The molecule has 7 nitrogen and oxygen atoms in total. The van der Waals surface area contributed by atoms with Gasteiger partial charge in [-0.25, -0.2) is 5.43 Å². The van der Waals surface area contributed by atoms with Crippen LogP contribution in [-0.4, -0.2) is 25.1 Å². The molecule has 39 heavy (non-hydrogen) atoms. The number of carbonyl (C=O) groups is 2. The van der Waals surface area contributed by atoms with Crippen LogP contribution in [0.4, 0.5) is 5.69 Å². The van der Waals surface area contributed by atoms with E-state index in [2.05, 4.69) is 15.8 Å². The molecule has 4 rings (SSSR count). The highest BCUT2D eigenvalue weighted by atomic mass is 35.5. The summed E-state index contributed by atoms with van der Waals surface area (Å²) in [4.78, 5) is 26.0. The van der Waals surface area contributed by atoms with E-state index in [1.54, 1.807) is 37.6 Å². The molecule has 0 aliphatic rings. The first kappa shape index (κ1) is 27.7. The molecule has 0 aromatic heterocycles. The Morgan fingerprint density at radius 2 is 1.64 bits per heavy atom. The molecule has 0 bridgehead atoms. The summed E-state index contributed by atoms with van der Waals surface area (Å²) in [6.07, 6.45) is 1.55. The van der Waals surface area contributed by atoms with Crippen molar-refractivity contribution in [2.45, 2.75) is 20.5 Å². The number of hydrazone groups is 1. The van der Waals surface area contributed by atoms with E-state index in [0.717, 1.165) is 16.3 Å². The summed E-state index contributed by atoms with van der Waals surface area (Å²) in [5.74, 6) is -0.840. The number of anilines is 1. The highest BCUT2D eigenvalue weighted by molar-refractivity contribution is 6.30. The van der Waals surface area contributed by atoms with Crippen LogP contribution in [0.1, 0.15) is 25.0 Å². The summed E-state index contributed by atoms with van der Waals surface area (Å²) in [6.45, 7) is 3.97. The standard InChI is InChI=1S/C31H30ClN3O4/c1-20(2)29(30(36)34-24-13-15-25(38-3)16-14-24)31(37)35-33-18-27-26-7-5-4-6-22(26)10-17-28(27)39-19-21-8-11-23(32)12-9-21/h4-18,20,29H,19H2,1-3H3,(H,34,36)(H,35,37). The number of rotatable bonds is 10. The fraction of sp³-hybridized carbons (Fsp3) is 0.194. The van der Waals surface area contributed by atoms with Crippen molar-refractivity contribution >= 4 is 46.1 Å². The summed E-state index contributed by atoms with van der Waals surface area (Å²) < 4.78 is 11.3. The van der Waals surface area contributed by atoms with Crippen molar-refractivity contribution in [2.24, 2.45) is 16.9 Å². The van der Waals surface area contributed by atoms with E-state index in [-0.39, 0.29) is 5.92 Å². The molecule has 0 radical (unpaired) electrons. The molecule has 0 fully saturated rings. The number of fused-ring (bicyclic) bond motifs is 1. The van der Waals surface area contributed by atoms with E-state index in [9.17, 15) is 9.59 Å². The smallest absolute Gasteiger partial charge is 0.252 e. The number of nitrogens with zero attached hydrogens (tertiary/aromatic N) is 1. The summed E-state index contributed by atoms with van der Waals surface area (Å²) in [7, 11) is 1.57. The third-order valence-electron chi connectivity index (χ3n) is 6.20. The molecule has 200 valence electrons. The molecule has 8 heteroatoms. The lowest BCUT2D eigenvalue weighted by atomic mass is 9.94. The van der Waals surface area contributed by atoms with Gasteiger partial charge in [0, 0.05) is 16.3 Å². The monoisotopic (exact) mass is 543 g/mol. The number of hydrogen-bond donors (Lipinski definition) is 2. The second kappa shape index (κ2) is 12.9. The Morgan fingerprint density at radius 1 is 0.923 bits per heavy atom. The van der Waals surface area contributed by atoms with Gasteiger partial charge in [0.05, 0.1) is 13.3 Å². The molecule has 2 amide bonds. The lowest BCUT2D eigenvalue weighted by Gasteiger charge is -2.18. The van der Waals surface area contributed by atoms with Crippen LogP contribution in [-0.2, 0) is 16.2 Å². The van der Waals surface area contributed by atoms with Gasteiger partial charge in [0.25, 0.3) is 5.91 Å². The van der Waals surface area contributed by atoms with Crippen molar-refractivity contribution in [2.75, 3.05) is 12.4 Å². The van der Waals surface area contributed by atoms with Crippen molar-refractivity contribution < 1.29 is 19.1 Å². The van der Waals surface area contributed by atoms with Crippen molar-refractivity contribution in [1.82, 2.24) is 5.43 Å². The minimum atomic E-state index is -0.947. The number of hydrogen-bond acceptors (Lipinski definition) is 5. The summed E-state index contributed by atoms with van der Waals surface area (Å²) in [6, 6.07) is 26.0. The predicted octanol–water partition coefficient (Wildman–Crippen LogP) is 6.44. The first-order valence-corrected chi connectivity index (χ1v) is 12.9. The van der Waals surface area contributed by atoms with Crippen LogP contribution in [0.3, 0.4) is 0 Å². The number of methoxy groups -OCH3 is 1. The third-order valence-corrected chi connectivity index (χ3v) is 6.45. The van der Waals surface area contributed by atoms with E-state index in [4.69, 9.17) is 21.1 Å². The van der Waals surface area contributed by atoms with Gasteiger partial charge in [-0.15, -0.1) is 0 Å². The third kappa shape index (κ3) is 7.15. The van der Waals surface area contributed by atoms with Gasteiger partial charge in [-0.2, -0.15) is 5.10 Å². The molecule has 1 unspecified atom stereocenters. The minimum absolute atomic E-state index is 0.255. The zero-order valence-electron chi connectivity index (χ0n) is 22.0. The van der Waals surface area contributed by atoms with Crippen molar-refractivity contribution in [3.05, 3.63) is 101 Å². The van der Waals surface area contributed by atoms with Crippen LogP contribution in [0.2, 0.25) is 5.02 Å². The molecule has 0 heterocycles. The molecular weight excluding hydrogens is 514 g/mol. The Morgan fingerprint density at radius 3 is 2.33 bits per heavy atom. The Hall–Kier alpha value is -4.36. The molecule has 1 atom stereocenters. The second-order valence-corrected chi connectivity index (χ2v) is 9.72. The molecule has 0 aliphatic carbocycles. The van der Waals surface area contributed by atoms with E-state index >= 15 is 0 Å². The van der Waals surface area contributed by atoms with Gasteiger partial charge in [0.2, 0.25) is 5.91 Å². The van der Waals surface area contributed by atoms with Crippen LogP contribution in [0.5, 0.6) is 11.5 Å². The van der Waals surface area contributed by atoms with Gasteiger partial charge in [-0.05, 0) is 64.7 Å². The van der Waals surface area contributed by atoms with Crippen LogP contribution >= 0.6 is 11.6 Å². The zero-order valence-corrected chi connectivity index (χ0v) is 22.7. The molecule has 0 saturated heterocycles. The Balaban J connectivity index is 1.50. The Bertz CT molecular complexity index is 1470. The maximum Gasteiger partial charge on any atom is 0.252 e. The van der Waals surface area contributed by atoms with E-state index < -0.39 is 17.7 Å². The molecule has 0 aliphatic heterocycles. The SMILES string of the molecule is COc1ccc(NC(=O)C(C(=O)NN=Cc2c(OCc3ccc(Cl)cc3)ccc3ccccc23)C(C)C)cc1. The van der Waals surface area contributed by atoms with Gasteiger partial charge in [0.1, 0.15) is 24.0 Å². The average Bonchev–Trinajstić information content (AvgIpc) is 2.93. The quantitative estimate of drug-likeness (QED) is 0.137. The van der Waals surface area contributed by atoms with E-state index in [1.165, 1.54) is 0 Å².